The summed E-state index contributed by atoms with van der Waals surface area (Å²) in [6, 6.07) is 8.97. The standard InChI is InChI=1S/C17H20N2O2.W/c1-11(2)15-14(10-20)16(13-8-6-5-7-9-13)19(12(3)4)17(21)18-15;/h5-9,12,16H,1-4H3,(H,18,21);/q-2;+2. The largest absolute Gasteiger partial charge is 2.00 e. The Morgan fingerprint density at radius 2 is 1.82 bits per heavy atom. The van der Waals surface area contributed by atoms with Gasteiger partial charge in [-0.2, -0.15) is 0 Å². The van der Waals surface area contributed by atoms with Gasteiger partial charge in [0.05, 0.1) is 0 Å². The minimum absolute atomic E-state index is 0. The van der Waals surface area contributed by atoms with Crippen molar-refractivity contribution >= 4 is 12.3 Å². The van der Waals surface area contributed by atoms with Gasteiger partial charge in [-0.1, -0.05) is 30.3 Å². The average Bonchev–Trinajstić information content (AvgIpc) is 2.46. The van der Waals surface area contributed by atoms with Gasteiger partial charge in [0.25, 0.3) is 0 Å². The van der Waals surface area contributed by atoms with Gasteiger partial charge in [0.15, 0.2) is 0 Å². The average molecular weight is 468 g/mol. The van der Waals surface area contributed by atoms with Gasteiger partial charge >= 0.3 is 27.1 Å². The number of nitrogens with one attached hydrogen (secondary N) is 1. The predicted octanol–water partition coefficient (Wildman–Crippen LogP) is 3.14. The monoisotopic (exact) mass is 468 g/mol. The van der Waals surface area contributed by atoms with Crippen LogP contribution in [0.3, 0.4) is 0 Å². The van der Waals surface area contributed by atoms with Crippen LogP contribution in [0.25, 0.3) is 0 Å². The molecule has 116 valence electrons. The fourth-order valence-electron chi connectivity index (χ4n) is 2.63. The molecule has 0 saturated heterocycles. The molecule has 2 amide bonds. The smallest absolute Gasteiger partial charge is 0.440 e. The summed E-state index contributed by atoms with van der Waals surface area (Å²) in [5.74, 6) is 0.894. The van der Waals surface area contributed by atoms with Crippen LogP contribution in [0.1, 0.15) is 39.3 Å². The fraction of sp³-hybridized carbons (Fsp3) is 0.353. The number of nitrogens with zero attached hydrogens (tertiary/aromatic N) is 1. The Hall–Kier alpha value is -1.54. The van der Waals surface area contributed by atoms with E-state index >= 15 is 0 Å². The van der Waals surface area contributed by atoms with E-state index in [9.17, 15) is 9.59 Å². The first-order chi connectivity index (χ1) is 9.97. The first kappa shape index (κ1) is 18.5. The summed E-state index contributed by atoms with van der Waals surface area (Å²) in [6.45, 7) is 7.62. The van der Waals surface area contributed by atoms with Crippen molar-refractivity contribution in [1.82, 2.24) is 10.2 Å². The first-order valence-corrected chi connectivity index (χ1v) is 7.04. The Balaban J connectivity index is 0.00000242. The molecule has 1 aliphatic rings. The second-order valence-corrected chi connectivity index (χ2v) is 5.64. The molecule has 0 radical (unpaired) electrons. The van der Waals surface area contributed by atoms with E-state index in [1.807, 2.05) is 64.3 Å². The van der Waals surface area contributed by atoms with Crippen molar-refractivity contribution in [3.05, 3.63) is 53.1 Å². The number of amides is 2. The van der Waals surface area contributed by atoms with Crippen LogP contribution in [-0.4, -0.2) is 23.3 Å². The molecule has 0 aliphatic carbocycles. The molecular formula is C17H20N2O2W. The van der Waals surface area contributed by atoms with Crippen LogP contribution < -0.4 is 5.32 Å². The van der Waals surface area contributed by atoms with Crippen LogP contribution in [0, 0.1) is 5.92 Å². The molecule has 2 rings (SSSR count). The summed E-state index contributed by atoms with van der Waals surface area (Å²) in [7, 11) is 0. The molecule has 1 heterocycles. The maximum Gasteiger partial charge on any atom is 2.00 e. The summed E-state index contributed by atoms with van der Waals surface area (Å²) in [6.07, 6.45) is 2.04. The topological polar surface area (TPSA) is 49.4 Å². The maximum absolute atomic E-state index is 12.4. The van der Waals surface area contributed by atoms with Gasteiger partial charge in [0.1, 0.15) is 0 Å². The normalized spacial score (nSPS) is 18.0. The SMILES string of the molecule is C[C-](C)C1=C([C-]=O)C(c2ccccc2)N(C(C)C)C(=O)N1.[W+2]. The number of hydrogen-bond donors (Lipinski definition) is 1. The Kier molecular flexibility index (Phi) is 6.43. The molecule has 1 aromatic carbocycles. The summed E-state index contributed by atoms with van der Waals surface area (Å²) in [4.78, 5) is 25.7. The zero-order chi connectivity index (χ0) is 15.6. The number of rotatable bonds is 4. The molecule has 5 heteroatoms. The summed E-state index contributed by atoms with van der Waals surface area (Å²) >= 11 is 0. The third-order valence-electron chi connectivity index (χ3n) is 3.57. The summed E-state index contributed by atoms with van der Waals surface area (Å²) < 4.78 is 0. The van der Waals surface area contributed by atoms with Crippen molar-refractivity contribution in [3.63, 3.8) is 0 Å². The second kappa shape index (κ2) is 7.64. The third-order valence-corrected chi connectivity index (χ3v) is 3.57. The molecule has 0 bridgehead atoms. The van der Waals surface area contributed by atoms with E-state index in [2.05, 4.69) is 5.32 Å². The third kappa shape index (κ3) is 3.44. The van der Waals surface area contributed by atoms with E-state index in [4.69, 9.17) is 0 Å². The molecule has 0 fully saturated rings. The number of hydrogen-bond acceptors (Lipinski definition) is 2. The van der Waals surface area contributed by atoms with E-state index < -0.39 is 6.04 Å². The van der Waals surface area contributed by atoms with Gasteiger partial charge < -0.3 is 15.0 Å². The molecule has 1 unspecified atom stereocenters. The van der Waals surface area contributed by atoms with Crippen LogP contribution in [0.4, 0.5) is 4.79 Å². The van der Waals surface area contributed by atoms with E-state index in [1.54, 1.807) is 4.90 Å². The van der Waals surface area contributed by atoms with Crippen molar-refractivity contribution in [2.24, 2.45) is 0 Å². The Bertz CT molecular complexity index is 567. The molecule has 1 aromatic rings. The predicted molar refractivity (Wildman–Crippen MR) is 82.0 cm³/mol. The van der Waals surface area contributed by atoms with Gasteiger partial charge in [-0.15, -0.1) is 20.1 Å². The molecule has 4 nitrogen and oxygen atoms in total. The number of allylic oxidation sites excluding steroid dienone is 1. The molecule has 1 N–H and O–H groups in total. The van der Waals surface area contributed by atoms with E-state index in [1.165, 1.54) is 0 Å². The van der Waals surface area contributed by atoms with Crippen molar-refractivity contribution in [1.29, 1.82) is 0 Å². The van der Waals surface area contributed by atoms with Gasteiger partial charge in [-0.05, 0) is 25.5 Å². The number of carbonyl (C=O) groups is 1. The Morgan fingerprint density at radius 1 is 1.23 bits per heavy atom. The zero-order valence-corrected chi connectivity index (χ0v) is 16.1. The maximum atomic E-state index is 12.4. The molecule has 1 atom stereocenters. The van der Waals surface area contributed by atoms with Crippen LogP contribution in [-0.2, 0) is 25.9 Å². The molecule has 0 aromatic heterocycles. The molecule has 1 aliphatic heterocycles. The minimum atomic E-state index is -0.401. The van der Waals surface area contributed by atoms with Crippen molar-refractivity contribution in [2.45, 2.75) is 39.8 Å². The zero-order valence-electron chi connectivity index (χ0n) is 13.2. The Labute approximate surface area is 146 Å². The second-order valence-electron chi connectivity index (χ2n) is 5.64. The van der Waals surface area contributed by atoms with Crippen LogP contribution in [0.5, 0.6) is 0 Å². The minimum Gasteiger partial charge on any atom is -0.440 e. The van der Waals surface area contributed by atoms with Gasteiger partial charge in [-0.25, -0.2) is 0 Å². The van der Waals surface area contributed by atoms with Crippen molar-refractivity contribution < 1.29 is 30.7 Å². The molecular weight excluding hydrogens is 448 g/mol. The number of urea groups is 1. The van der Waals surface area contributed by atoms with E-state index in [0.29, 0.717) is 11.3 Å². The van der Waals surface area contributed by atoms with Gasteiger partial charge in [0.2, 0.25) is 0 Å². The van der Waals surface area contributed by atoms with Crippen LogP contribution in [0.15, 0.2) is 41.6 Å². The van der Waals surface area contributed by atoms with Crippen molar-refractivity contribution in [2.75, 3.05) is 0 Å². The quantitative estimate of drug-likeness (QED) is 0.691. The summed E-state index contributed by atoms with van der Waals surface area (Å²) in [5.41, 5.74) is 1.98. The fourth-order valence-corrected chi connectivity index (χ4v) is 2.63. The van der Waals surface area contributed by atoms with Gasteiger partial charge in [0, 0.05) is 6.04 Å². The first-order valence-electron chi connectivity index (χ1n) is 7.04. The van der Waals surface area contributed by atoms with Crippen LogP contribution in [0.2, 0.25) is 0 Å². The number of carbonyl (C=O) groups excluding carboxylic acids is 2. The molecule has 0 spiro atoms. The molecule has 0 saturated carbocycles. The summed E-state index contributed by atoms with van der Waals surface area (Å²) in [5, 5.41) is 2.82. The Morgan fingerprint density at radius 3 is 2.27 bits per heavy atom. The van der Waals surface area contributed by atoms with Crippen LogP contribution >= 0.6 is 0 Å². The van der Waals surface area contributed by atoms with Crippen molar-refractivity contribution in [3.8, 4) is 0 Å². The van der Waals surface area contributed by atoms with E-state index in [0.717, 1.165) is 11.5 Å². The van der Waals surface area contributed by atoms with Gasteiger partial charge in [-0.3, -0.25) is 22.0 Å². The van der Waals surface area contributed by atoms with E-state index in [-0.39, 0.29) is 33.1 Å². The molecule has 22 heavy (non-hydrogen) atoms. The number of benzene rings is 1.